The maximum Gasteiger partial charge on any atom is 1.00 e. The zero-order valence-electron chi connectivity index (χ0n) is 15.2. The topological polar surface area (TPSA) is 92.8 Å². The van der Waals surface area contributed by atoms with Gasteiger partial charge in [0.2, 0.25) is 0 Å². The van der Waals surface area contributed by atoms with Crippen LogP contribution in [0.4, 0.5) is 0 Å². The van der Waals surface area contributed by atoms with Crippen molar-refractivity contribution in [1.82, 2.24) is 0 Å². The van der Waals surface area contributed by atoms with Gasteiger partial charge in [0.05, 0.1) is 25.4 Å². The molecule has 1 atom stereocenters. The first-order valence-electron chi connectivity index (χ1n) is 7.16. The Balaban J connectivity index is 0. The summed E-state index contributed by atoms with van der Waals surface area (Å²) in [7, 11) is -4.53. The highest BCUT2D eigenvalue weighted by Crippen LogP contribution is 2.46. The van der Waals surface area contributed by atoms with Crippen LogP contribution in [-0.2, 0) is 31.6 Å². The maximum absolute atomic E-state index is 8.52. The van der Waals surface area contributed by atoms with Crippen molar-refractivity contribution in [1.29, 1.82) is 0 Å². The summed E-state index contributed by atoms with van der Waals surface area (Å²) in [5, 5.41) is 1.39. The lowest BCUT2D eigenvalue weighted by Crippen LogP contribution is -2.09. The molecule has 0 aliphatic carbocycles. The van der Waals surface area contributed by atoms with Crippen LogP contribution in [-0.4, -0.2) is 42.9 Å². The van der Waals surface area contributed by atoms with E-state index in [-0.39, 0.29) is 7.03 Å². The van der Waals surface area contributed by atoms with Gasteiger partial charge in [0, 0.05) is 26.0 Å². The van der Waals surface area contributed by atoms with Crippen molar-refractivity contribution >= 4 is 44.5 Å². The van der Waals surface area contributed by atoms with E-state index in [0.29, 0.717) is 15.9 Å². The van der Waals surface area contributed by atoms with Gasteiger partial charge in [0.25, 0.3) is 0 Å². The normalized spacial score (nSPS) is 19.0. The monoisotopic (exact) mass is 418 g/mol. The quantitative estimate of drug-likeness (QED) is 0.321. The summed E-state index contributed by atoms with van der Waals surface area (Å²) in [5.74, 6) is 0. The zero-order valence-corrected chi connectivity index (χ0v) is 17.3. The van der Waals surface area contributed by atoms with Crippen LogP contribution in [0.2, 0.25) is 10.0 Å². The first-order chi connectivity index (χ1) is 10.9. The Morgan fingerprint density at radius 2 is 1.75 bits per heavy atom. The molecular weight excluding hydrogens is 395 g/mol. The van der Waals surface area contributed by atoms with Crippen LogP contribution >= 0.6 is 23.2 Å². The molecule has 2 rings (SSSR count). The number of epoxide rings is 1. The molecule has 1 aromatic carbocycles. The summed E-state index contributed by atoms with van der Waals surface area (Å²) in [6, 6.07) is 5.64. The Morgan fingerprint density at radius 1 is 1.29 bits per heavy atom. The smallest absolute Gasteiger partial charge is 0.759 e. The Labute approximate surface area is 159 Å². The second-order valence-electron chi connectivity index (χ2n) is 5.64. The third-order valence-corrected chi connectivity index (χ3v) is 3.40. The van der Waals surface area contributed by atoms with E-state index < -0.39 is 10.4 Å². The van der Waals surface area contributed by atoms with Gasteiger partial charge in [0.1, 0.15) is 5.60 Å². The summed E-state index contributed by atoms with van der Waals surface area (Å²) >= 11 is 12.0. The number of hydrogen-bond donors (Lipinski definition) is 0. The summed E-state index contributed by atoms with van der Waals surface area (Å²) in [6.45, 7) is 2.97. The Kier molecular flexibility index (Phi) is 10.8. The van der Waals surface area contributed by atoms with E-state index in [9.17, 15) is 0 Å². The van der Waals surface area contributed by atoms with Crippen LogP contribution in [0.1, 0.15) is 33.2 Å². The molecule has 0 bridgehead atoms. The molecule has 140 valence electrons. The van der Waals surface area contributed by atoms with E-state index in [2.05, 4.69) is 25.7 Å². The van der Waals surface area contributed by atoms with Crippen LogP contribution in [0.15, 0.2) is 18.2 Å². The van der Waals surface area contributed by atoms with Gasteiger partial charge in [-0.05, 0) is 29.4 Å². The molecule has 0 N–H and O–H groups in total. The van der Waals surface area contributed by atoms with Gasteiger partial charge in [-0.25, -0.2) is 0 Å². The fraction of sp³-hybridized carbons (Fsp3) is 0.600. The largest absolute Gasteiger partial charge is 1.00 e. The van der Waals surface area contributed by atoms with Gasteiger partial charge in [-0.3, -0.25) is 8.42 Å². The lowest BCUT2D eigenvalue weighted by Gasteiger charge is -2.13. The molecule has 0 spiro atoms. The highest BCUT2D eigenvalue weighted by molar-refractivity contribution is 7.94. The van der Waals surface area contributed by atoms with Crippen LogP contribution in [0, 0.1) is 0 Å². The average Bonchev–Trinajstić information content (AvgIpc) is 3.14. The van der Waals surface area contributed by atoms with Gasteiger partial charge < -0.3 is 13.8 Å². The van der Waals surface area contributed by atoms with Crippen molar-refractivity contribution in [3.05, 3.63) is 33.8 Å². The van der Waals surface area contributed by atoms with Gasteiger partial charge in [-0.15, -0.1) is 0 Å². The highest BCUT2D eigenvalue weighted by Gasteiger charge is 2.46. The molecule has 1 aliphatic heterocycles. The number of benzene rings is 1. The van der Waals surface area contributed by atoms with Crippen molar-refractivity contribution < 1.29 is 23.7 Å². The minimum Gasteiger partial charge on any atom is -0.759 e. The fourth-order valence-electron chi connectivity index (χ4n) is 1.84. The molecule has 1 heterocycles. The SMILES string of the molecule is CCCCC1(c2ccc(Cl)cc2Cl)CO1.C[S+](C)C.O=S(=O)([O-])[O-].[H+]. The minimum absolute atomic E-state index is 0. The second kappa shape index (κ2) is 10.9. The Hall–Kier alpha value is -0.0200. The first kappa shape index (κ1) is 24.0. The summed E-state index contributed by atoms with van der Waals surface area (Å²) in [4.78, 5) is 0. The van der Waals surface area contributed by atoms with E-state index in [1.807, 2.05) is 12.1 Å². The summed E-state index contributed by atoms with van der Waals surface area (Å²) in [6.07, 6.45) is 9.97. The van der Waals surface area contributed by atoms with E-state index in [1.165, 1.54) is 12.8 Å². The number of unbranched alkanes of at least 4 members (excludes halogenated alkanes) is 1. The van der Waals surface area contributed by atoms with Crippen molar-refractivity contribution in [3.63, 3.8) is 0 Å². The van der Waals surface area contributed by atoms with Gasteiger partial charge in [-0.1, -0.05) is 49.0 Å². The standard InChI is InChI=1S/C12H14Cl2O.C3H9S.H2O4S/c1-2-3-6-12(8-15-12)10-5-4-9(13)7-11(10)14;1-4(2)3;1-5(2,3)4/h4-5,7H,2-3,6,8H2,1H3;1-3H3;(H2,1,2,3,4)/q;+1;/p-1. The molecule has 0 aromatic heterocycles. The van der Waals surface area contributed by atoms with E-state index in [4.69, 9.17) is 45.5 Å². The van der Waals surface area contributed by atoms with Gasteiger partial charge in [-0.2, -0.15) is 0 Å². The van der Waals surface area contributed by atoms with E-state index >= 15 is 0 Å². The minimum atomic E-state index is -5.17. The molecule has 9 heteroatoms. The highest BCUT2D eigenvalue weighted by atomic mass is 35.5. The van der Waals surface area contributed by atoms with Crippen molar-refractivity contribution in [2.45, 2.75) is 31.8 Å². The van der Waals surface area contributed by atoms with Gasteiger partial charge >= 0.3 is 1.43 Å². The Morgan fingerprint density at radius 3 is 2.08 bits per heavy atom. The number of ether oxygens (including phenoxy) is 1. The van der Waals surface area contributed by atoms with Crippen LogP contribution in [0.25, 0.3) is 0 Å². The lowest BCUT2D eigenvalue weighted by atomic mass is 9.94. The average molecular weight is 419 g/mol. The molecule has 0 saturated carbocycles. The molecule has 1 aromatic rings. The second-order valence-corrected chi connectivity index (χ2v) is 9.75. The third kappa shape index (κ3) is 11.5. The number of hydrogen-bond acceptors (Lipinski definition) is 5. The molecule has 1 aliphatic rings. The van der Waals surface area contributed by atoms with Crippen molar-refractivity contribution in [3.8, 4) is 0 Å². The predicted octanol–water partition coefficient (Wildman–Crippen LogP) is 3.68. The molecule has 24 heavy (non-hydrogen) atoms. The van der Waals surface area contributed by atoms with E-state index in [1.54, 1.807) is 6.07 Å². The van der Waals surface area contributed by atoms with Crippen molar-refractivity contribution in [2.75, 3.05) is 25.4 Å². The maximum atomic E-state index is 8.52. The fourth-order valence-corrected chi connectivity index (χ4v) is 2.42. The zero-order chi connectivity index (χ0) is 19.0. The molecule has 1 fully saturated rings. The molecule has 0 radical (unpaired) electrons. The van der Waals surface area contributed by atoms with Crippen molar-refractivity contribution in [2.24, 2.45) is 0 Å². The van der Waals surface area contributed by atoms with Crippen LogP contribution in [0.3, 0.4) is 0 Å². The predicted molar refractivity (Wildman–Crippen MR) is 100 cm³/mol. The van der Waals surface area contributed by atoms with E-state index in [0.717, 1.165) is 23.6 Å². The number of halogens is 2. The van der Waals surface area contributed by atoms with Crippen LogP contribution < -0.4 is 0 Å². The number of rotatable bonds is 4. The Bertz CT molecular complexity index is 597. The summed E-state index contributed by atoms with van der Waals surface area (Å²) in [5.41, 5.74) is 0.972. The molecular formula is C15H24Cl2O5S2. The lowest BCUT2D eigenvalue weighted by molar-refractivity contribution is 0.287. The molecule has 1 unspecified atom stereocenters. The van der Waals surface area contributed by atoms with Gasteiger partial charge in [0.15, 0.2) is 0 Å². The summed E-state index contributed by atoms with van der Waals surface area (Å²) < 4.78 is 39.7. The first-order valence-corrected chi connectivity index (χ1v) is 11.7. The van der Waals surface area contributed by atoms with Crippen LogP contribution in [0.5, 0.6) is 0 Å². The molecule has 1 saturated heterocycles. The molecule has 5 nitrogen and oxygen atoms in total. The molecule has 0 amide bonds. The third-order valence-electron chi connectivity index (χ3n) is 2.85.